The zero-order valence-electron chi connectivity index (χ0n) is 77.6. The quantitative estimate of drug-likeness (QED) is 0.0260. The molecule has 133 heavy (non-hydrogen) atoms. The zero-order valence-corrected chi connectivity index (χ0v) is 77.6. The molecule has 0 radical (unpaired) electrons. The molecule has 16 heterocycles. The van der Waals surface area contributed by atoms with Crippen LogP contribution in [0.15, 0.2) is 156 Å². The molecule has 16 rings (SSSR count). The summed E-state index contributed by atoms with van der Waals surface area (Å²) in [7, 11) is 6.34. The number of aromatic amines is 2. The van der Waals surface area contributed by atoms with E-state index in [4.69, 9.17) is 29.8 Å². The number of allylic oxidation sites excluding steroid dienone is 2. The van der Waals surface area contributed by atoms with Crippen LogP contribution in [0.5, 0.6) is 0 Å². The van der Waals surface area contributed by atoms with E-state index in [-0.39, 0.29) is 82.7 Å². The van der Waals surface area contributed by atoms with Crippen LogP contribution in [0.2, 0.25) is 0 Å². The Bertz CT molecular complexity index is 6530. The highest BCUT2D eigenvalue weighted by atomic mass is 16.5. The third-order valence-electron chi connectivity index (χ3n) is 24.5. The van der Waals surface area contributed by atoms with Gasteiger partial charge in [-0.2, -0.15) is 20.0 Å². The van der Waals surface area contributed by atoms with E-state index in [0.29, 0.717) is 123 Å². The Morgan fingerprint density at radius 3 is 1.37 bits per heavy atom. The van der Waals surface area contributed by atoms with Crippen LogP contribution in [0.4, 0.5) is 23.3 Å². The van der Waals surface area contributed by atoms with E-state index in [1.165, 1.54) is 22.9 Å². The molecule has 0 aromatic carbocycles. The van der Waals surface area contributed by atoms with Crippen LogP contribution in [-0.4, -0.2) is 237 Å². The number of hydrogen-bond donors (Lipinski definition) is 6. The Labute approximate surface area is 770 Å². The van der Waals surface area contributed by atoms with Gasteiger partial charge in [0.05, 0.1) is 68.4 Å². The maximum atomic E-state index is 14.2. The van der Waals surface area contributed by atoms with Crippen LogP contribution in [0, 0.1) is 20.8 Å². The molecule has 0 aliphatic carbocycles. The molecular weight excluding hydrogens is 1690 g/mol. The van der Waals surface area contributed by atoms with Gasteiger partial charge in [-0.15, -0.1) is 0 Å². The summed E-state index contributed by atoms with van der Waals surface area (Å²) >= 11 is 0. The maximum Gasteiger partial charge on any atom is 0.272 e. The Balaban J connectivity index is 0.000000161. The molecule has 4 saturated heterocycles. The van der Waals surface area contributed by atoms with E-state index in [0.717, 1.165) is 172 Å². The number of carbonyl (C=O) groups is 6. The minimum Gasteiger partial charge on any atom is -0.381 e. The largest absolute Gasteiger partial charge is 0.381 e. The number of ether oxygens (including phenoxy) is 1. The van der Waals surface area contributed by atoms with Crippen LogP contribution in [0.3, 0.4) is 0 Å². The van der Waals surface area contributed by atoms with Crippen molar-refractivity contribution in [3.8, 4) is 33.8 Å². The van der Waals surface area contributed by atoms with Crippen LogP contribution in [-0.2, 0) is 48.4 Å². The summed E-state index contributed by atoms with van der Waals surface area (Å²) in [5, 5.41) is 26.5. The number of aryl methyl sites for hydroxylation is 5. The van der Waals surface area contributed by atoms with Crippen molar-refractivity contribution in [2.45, 2.75) is 138 Å². The molecule has 4 aliphatic rings. The maximum absolute atomic E-state index is 14.2. The van der Waals surface area contributed by atoms with Crippen molar-refractivity contribution in [1.29, 1.82) is 0 Å². The fourth-order valence-electron chi connectivity index (χ4n) is 17.2. The summed E-state index contributed by atoms with van der Waals surface area (Å²) in [5.41, 5.74) is 11.3. The molecule has 12 aromatic heterocycles. The van der Waals surface area contributed by atoms with E-state index < -0.39 is 23.6 Å². The van der Waals surface area contributed by atoms with Crippen molar-refractivity contribution in [3.05, 3.63) is 240 Å². The monoisotopic (exact) mass is 1800 g/mol. The highest BCUT2D eigenvalue weighted by Crippen LogP contribution is 2.36. The highest BCUT2D eigenvalue weighted by Gasteiger charge is 2.31. The van der Waals surface area contributed by atoms with Gasteiger partial charge < -0.3 is 65.4 Å². The molecule has 12 aromatic rings. The van der Waals surface area contributed by atoms with Crippen molar-refractivity contribution in [3.63, 3.8) is 0 Å². The van der Waals surface area contributed by atoms with Gasteiger partial charge in [0.15, 0.2) is 28.2 Å². The second-order valence-corrected chi connectivity index (χ2v) is 34.4. The minimum absolute atomic E-state index is 0.0221. The second kappa shape index (κ2) is 42.8. The standard InChI is InChI=1S/C35H43N9O4.C33H40N8O3.C30H34N8O3/c1-5-7-23-18-22(3)38-35(47)27(23)21-37-34(46)26-19-28(24-8-9-29(36-20-24)43-14-12-42(4)13-15-43)39-33-31(26)32(40-30(45)6-2)41-44(33)25-10-16-48-17-11-25;1-7-9-28-26(29(42)16-22(5)40(28)31(43)8-2)19-35-33(44)24-17-27(37-32-25(24)20-36-41(32)21(3)4)23-10-11-30(34-18-23)39-14-12-38(6)13-15-39;1-5-7-20-14-19(3)34-30(41)23(20)17-32-29(40)22-15-25(35-28-24(22)18-33-38(28)27(39)6-2)21-8-9-26(31-16-21)37-12-10-36(4)11-13-37/h6,8-9,18-20,25H,2,5,7,10-17,21H2,1,3-4H3,(H,37,46)(H,38,47)(H,40,41,45);8,10-11,16-18,20-21H,2,7,9,12-15,19H2,1,3-6H3,(H,35,44);6,8-9,14-16,18H,2,5,7,10-13,17H2,1,3-4H3,(H,32,40)(H,34,41). The number of aromatic nitrogens is 15. The number of carbonyl (C=O) groups excluding carboxylic acids is 6. The Hall–Kier alpha value is -14.2. The van der Waals surface area contributed by atoms with Crippen molar-refractivity contribution in [1.82, 2.24) is 104 Å². The van der Waals surface area contributed by atoms with Crippen molar-refractivity contribution in [2.24, 2.45) is 0 Å². The molecule has 0 bridgehead atoms. The molecule has 4 aliphatic heterocycles. The molecule has 0 atom stereocenters. The first-order valence-electron chi connectivity index (χ1n) is 45.4. The highest BCUT2D eigenvalue weighted by molar-refractivity contribution is 6.14. The number of rotatable bonds is 27. The number of likely N-dealkylation sites (N-methyl/N-ethyl adjacent to an activating group) is 3. The van der Waals surface area contributed by atoms with Crippen LogP contribution in [0.1, 0.15) is 170 Å². The molecule has 35 nitrogen and oxygen atoms in total. The lowest BCUT2D eigenvalue weighted by Crippen LogP contribution is -2.44. The summed E-state index contributed by atoms with van der Waals surface area (Å²) in [6.45, 7) is 38.7. The number of fused-ring (bicyclic) bond motifs is 3. The van der Waals surface area contributed by atoms with E-state index in [1.807, 2.05) is 90.1 Å². The molecule has 4 fully saturated rings. The number of nitrogens with zero attached hydrogens (tertiary/aromatic N) is 19. The molecule has 0 spiro atoms. The fourth-order valence-corrected chi connectivity index (χ4v) is 17.2. The molecule has 35 heteroatoms. The minimum atomic E-state index is -0.463. The van der Waals surface area contributed by atoms with Gasteiger partial charge in [-0.1, -0.05) is 59.8 Å². The third-order valence-corrected chi connectivity index (χ3v) is 24.5. The first-order chi connectivity index (χ1) is 64.2. The summed E-state index contributed by atoms with van der Waals surface area (Å²) in [4.78, 5) is 166. The van der Waals surface area contributed by atoms with Gasteiger partial charge in [-0.3, -0.25) is 47.7 Å². The van der Waals surface area contributed by atoms with E-state index in [2.05, 4.69) is 129 Å². The molecule has 694 valence electrons. The van der Waals surface area contributed by atoms with Crippen molar-refractivity contribution < 1.29 is 33.5 Å². The van der Waals surface area contributed by atoms with Crippen LogP contribution >= 0.6 is 0 Å². The van der Waals surface area contributed by atoms with Gasteiger partial charge in [0, 0.05) is 198 Å². The second-order valence-electron chi connectivity index (χ2n) is 34.4. The predicted molar refractivity (Wildman–Crippen MR) is 516 cm³/mol. The SMILES string of the molecule is C=CC(=O)Nc1nn(C2CCOCC2)c2nc(-c3ccc(N4CCN(C)CC4)nc3)cc(C(=O)NCc3c(CCC)cc(C)[nH]c3=O)c12.C=CC(=O)n1c(C)cc(=O)c(CNC(=O)c2cc(-c3ccc(N4CCN(C)CC4)nc3)nc3c2cnn3C(C)C)c1CCC.C=CC(=O)n1ncc2c(C(=O)NCc3c(CCC)cc(C)[nH]c3=O)cc(-c3ccc(N4CCN(C)CC4)nc3)nc21. The smallest absolute Gasteiger partial charge is 0.272 e. The molecule has 6 N–H and O–H groups in total. The number of nitrogens with one attached hydrogen (secondary N) is 6. The zero-order chi connectivity index (χ0) is 94.4. The number of amides is 4. The third kappa shape index (κ3) is 21.7. The van der Waals surface area contributed by atoms with Crippen molar-refractivity contribution in [2.75, 3.05) is 133 Å². The first kappa shape index (κ1) is 94.9. The number of hydrogen-bond acceptors (Lipinski definition) is 25. The fraction of sp³-hybridized carbons (Fsp3) is 0.388. The lowest BCUT2D eigenvalue weighted by Gasteiger charge is -2.33. The Morgan fingerprint density at radius 2 is 0.932 bits per heavy atom. The van der Waals surface area contributed by atoms with Gasteiger partial charge in [0.1, 0.15) is 17.5 Å². The van der Waals surface area contributed by atoms with Gasteiger partial charge >= 0.3 is 0 Å². The number of anilines is 4. The van der Waals surface area contributed by atoms with E-state index >= 15 is 0 Å². The average Bonchev–Trinajstić information content (AvgIpc) is 1.60. The van der Waals surface area contributed by atoms with E-state index in [1.54, 1.807) is 59.3 Å². The topological polar surface area (TPSA) is 398 Å². The predicted octanol–water partition coefficient (Wildman–Crippen LogP) is 10.6. The Morgan fingerprint density at radius 1 is 0.504 bits per heavy atom. The number of piperazine rings is 3. The van der Waals surface area contributed by atoms with Gasteiger partial charge in [0.2, 0.25) is 5.91 Å². The summed E-state index contributed by atoms with van der Waals surface area (Å²) in [5.74, 6) is 0.460. The Kier molecular flexibility index (Phi) is 30.6. The van der Waals surface area contributed by atoms with Crippen LogP contribution in [0.25, 0.3) is 66.9 Å². The number of H-pyrrole nitrogens is 2. The van der Waals surface area contributed by atoms with Gasteiger partial charge in [-0.05, 0) is 184 Å². The number of pyridine rings is 9. The lowest BCUT2D eigenvalue weighted by atomic mass is 10.0. The summed E-state index contributed by atoms with van der Waals surface area (Å²) < 4.78 is 11.8. The molecule has 0 unspecified atom stereocenters. The lowest BCUT2D eigenvalue weighted by molar-refractivity contribution is -0.111. The first-order valence-corrected chi connectivity index (χ1v) is 45.4. The summed E-state index contributed by atoms with van der Waals surface area (Å²) in [6.07, 6.45) is 17.7. The normalized spacial score (nSPS) is 14.6. The van der Waals surface area contributed by atoms with Crippen LogP contribution < -0.4 is 52.5 Å². The van der Waals surface area contributed by atoms with Gasteiger partial charge in [-0.25, -0.2) is 39.3 Å². The average molecular weight is 1810 g/mol. The summed E-state index contributed by atoms with van der Waals surface area (Å²) in [6, 6.07) is 22.2. The molecule has 0 saturated carbocycles. The van der Waals surface area contributed by atoms with Gasteiger partial charge in [0.25, 0.3) is 40.7 Å². The molecular formula is C98H117N25O10. The molecule has 4 amide bonds. The van der Waals surface area contributed by atoms with Crippen molar-refractivity contribution >= 4 is 91.8 Å². The van der Waals surface area contributed by atoms with E-state index in [9.17, 15) is 43.2 Å².